The van der Waals surface area contributed by atoms with Gasteiger partial charge in [-0.1, -0.05) is 0 Å². The van der Waals surface area contributed by atoms with Gasteiger partial charge in [0.05, 0.1) is 20.3 Å². The van der Waals surface area contributed by atoms with Crippen LogP contribution in [0.4, 0.5) is 0 Å². The molecule has 0 amide bonds. The van der Waals surface area contributed by atoms with Crippen molar-refractivity contribution in [3.8, 4) is 11.5 Å². The molecule has 0 aliphatic carbocycles. The van der Waals surface area contributed by atoms with Gasteiger partial charge < -0.3 is 19.5 Å². The molecule has 1 saturated heterocycles. The first-order valence-corrected chi connectivity index (χ1v) is 8.19. The van der Waals surface area contributed by atoms with Crippen LogP contribution in [-0.2, 0) is 4.74 Å². The molecule has 0 radical (unpaired) electrons. The minimum Gasteiger partial charge on any atom is -0.495 e. The highest BCUT2D eigenvalue weighted by atomic mass is 79.9. The summed E-state index contributed by atoms with van der Waals surface area (Å²) in [6.45, 7) is 0.909. The summed E-state index contributed by atoms with van der Waals surface area (Å²) in [6, 6.07) is 4.28. The molecule has 1 N–H and O–H groups in total. The average Bonchev–Trinajstić information content (AvgIpc) is 3.01. The molecule has 0 bridgehead atoms. The Hall–Kier alpha value is -0.780. The summed E-state index contributed by atoms with van der Waals surface area (Å²) in [6.07, 6.45) is 4.87. The standard InChI is InChI=1S/C16H24BrNO3/c1-18-13(8-6-11-5-4-10-21-11)12-7-9-14(19-2)15(17)16(12)20-3/h7,9,11,13,18H,4-6,8,10H2,1-3H3. The summed E-state index contributed by atoms with van der Waals surface area (Å²) in [4.78, 5) is 0. The topological polar surface area (TPSA) is 39.7 Å². The van der Waals surface area contributed by atoms with Crippen LogP contribution in [0.5, 0.6) is 11.5 Å². The molecule has 1 heterocycles. The molecular formula is C16H24BrNO3. The number of halogens is 1. The van der Waals surface area contributed by atoms with E-state index in [1.807, 2.05) is 13.1 Å². The smallest absolute Gasteiger partial charge is 0.141 e. The van der Waals surface area contributed by atoms with E-state index in [9.17, 15) is 0 Å². The lowest BCUT2D eigenvalue weighted by molar-refractivity contribution is 0.0997. The van der Waals surface area contributed by atoms with E-state index in [2.05, 4.69) is 27.3 Å². The number of hydrogen-bond acceptors (Lipinski definition) is 4. The highest BCUT2D eigenvalue weighted by Crippen LogP contribution is 2.40. The van der Waals surface area contributed by atoms with E-state index in [1.165, 1.54) is 12.8 Å². The maximum Gasteiger partial charge on any atom is 0.141 e. The van der Waals surface area contributed by atoms with Gasteiger partial charge >= 0.3 is 0 Å². The third-order valence-corrected chi connectivity index (χ3v) is 4.79. The Balaban J connectivity index is 2.14. The van der Waals surface area contributed by atoms with Crippen molar-refractivity contribution in [1.82, 2.24) is 5.32 Å². The largest absolute Gasteiger partial charge is 0.495 e. The van der Waals surface area contributed by atoms with Crippen molar-refractivity contribution < 1.29 is 14.2 Å². The third-order valence-electron chi connectivity index (χ3n) is 4.04. The number of rotatable bonds is 7. The SMILES string of the molecule is CNC(CCC1CCCO1)c1ccc(OC)c(Br)c1OC. The lowest BCUT2D eigenvalue weighted by Crippen LogP contribution is -2.19. The molecular weight excluding hydrogens is 334 g/mol. The fourth-order valence-corrected chi connectivity index (χ4v) is 3.56. The summed E-state index contributed by atoms with van der Waals surface area (Å²) in [5.74, 6) is 1.62. The second-order valence-corrected chi connectivity index (χ2v) is 6.05. The van der Waals surface area contributed by atoms with Gasteiger partial charge in [-0.25, -0.2) is 0 Å². The minimum absolute atomic E-state index is 0.242. The second kappa shape index (κ2) is 8.01. The van der Waals surface area contributed by atoms with Crippen LogP contribution >= 0.6 is 15.9 Å². The van der Waals surface area contributed by atoms with Crippen LogP contribution in [0.3, 0.4) is 0 Å². The molecule has 2 rings (SSSR count). The average molecular weight is 358 g/mol. The predicted molar refractivity (Wildman–Crippen MR) is 87.3 cm³/mol. The van der Waals surface area contributed by atoms with E-state index in [-0.39, 0.29) is 6.04 Å². The Morgan fingerprint density at radius 2 is 2.19 bits per heavy atom. The Morgan fingerprint density at radius 1 is 1.38 bits per heavy atom. The normalized spacial score (nSPS) is 19.5. The van der Waals surface area contributed by atoms with Crippen LogP contribution in [0.1, 0.15) is 37.3 Å². The van der Waals surface area contributed by atoms with Crippen molar-refractivity contribution in [2.45, 2.75) is 37.8 Å². The van der Waals surface area contributed by atoms with Crippen molar-refractivity contribution in [3.63, 3.8) is 0 Å². The Bertz CT molecular complexity index is 461. The first kappa shape index (κ1) is 16.6. The molecule has 1 aromatic carbocycles. The summed E-state index contributed by atoms with van der Waals surface area (Å²) < 4.78 is 17.5. The van der Waals surface area contributed by atoms with Crippen LogP contribution in [-0.4, -0.2) is 34.0 Å². The molecule has 2 unspecified atom stereocenters. The van der Waals surface area contributed by atoms with Crippen molar-refractivity contribution in [1.29, 1.82) is 0 Å². The number of hydrogen-bond donors (Lipinski definition) is 1. The van der Waals surface area contributed by atoms with Gasteiger partial charge in [0.1, 0.15) is 16.0 Å². The van der Waals surface area contributed by atoms with Gasteiger partial charge in [-0.15, -0.1) is 0 Å². The molecule has 0 aromatic heterocycles. The Labute approximate surface area is 135 Å². The van der Waals surface area contributed by atoms with Crippen LogP contribution in [0.25, 0.3) is 0 Å². The van der Waals surface area contributed by atoms with E-state index < -0.39 is 0 Å². The zero-order valence-corrected chi connectivity index (χ0v) is 14.5. The molecule has 21 heavy (non-hydrogen) atoms. The molecule has 0 saturated carbocycles. The molecule has 1 aromatic rings. The number of ether oxygens (including phenoxy) is 3. The van der Waals surface area contributed by atoms with E-state index >= 15 is 0 Å². The molecule has 1 aliphatic rings. The fourth-order valence-electron chi connectivity index (χ4n) is 2.87. The highest BCUT2D eigenvalue weighted by molar-refractivity contribution is 9.10. The van der Waals surface area contributed by atoms with Gasteiger partial charge in [0, 0.05) is 18.2 Å². The summed E-state index contributed by atoms with van der Waals surface area (Å²) >= 11 is 3.56. The number of benzene rings is 1. The van der Waals surface area contributed by atoms with Crippen LogP contribution in [0, 0.1) is 0 Å². The zero-order valence-electron chi connectivity index (χ0n) is 12.9. The first-order chi connectivity index (χ1) is 10.2. The zero-order chi connectivity index (χ0) is 15.2. The van der Waals surface area contributed by atoms with Gasteiger partial charge in [-0.3, -0.25) is 0 Å². The summed E-state index contributed by atoms with van der Waals surface area (Å²) in [5.41, 5.74) is 1.14. The Kier molecular flexibility index (Phi) is 6.33. The third kappa shape index (κ3) is 3.90. The molecule has 1 aliphatic heterocycles. The second-order valence-electron chi connectivity index (χ2n) is 5.26. The maximum absolute atomic E-state index is 5.71. The fraction of sp³-hybridized carbons (Fsp3) is 0.625. The number of methoxy groups -OCH3 is 2. The van der Waals surface area contributed by atoms with Crippen molar-refractivity contribution >= 4 is 15.9 Å². The molecule has 4 nitrogen and oxygen atoms in total. The lowest BCUT2D eigenvalue weighted by atomic mass is 9.98. The minimum atomic E-state index is 0.242. The molecule has 118 valence electrons. The van der Waals surface area contributed by atoms with Gasteiger partial charge in [0.25, 0.3) is 0 Å². The van der Waals surface area contributed by atoms with E-state index in [1.54, 1.807) is 14.2 Å². The van der Waals surface area contributed by atoms with Crippen molar-refractivity contribution in [2.24, 2.45) is 0 Å². The highest BCUT2D eigenvalue weighted by Gasteiger charge is 2.22. The number of nitrogens with one attached hydrogen (secondary N) is 1. The van der Waals surface area contributed by atoms with E-state index in [0.29, 0.717) is 6.10 Å². The van der Waals surface area contributed by atoms with Gasteiger partial charge in [0.2, 0.25) is 0 Å². The monoisotopic (exact) mass is 357 g/mol. The first-order valence-electron chi connectivity index (χ1n) is 7.40. The summed E-state index contributed by atoms with van der Waals surface area (Å²) in [5, 5.41) is 3.38. The molecule has 5 heteroatoms. The Morgan fingerprint density at radius 3 is 2.76 bits per heavy atom. The van der Waals surface area contributed by atoms with Crippen LogP contribution in [0.15, 0.2) is 16.6 Å². The molecule has 0 spiro atoms. The van der Waals surface area contributed by atoms with Crippen LogP contribution in [0.2, 0.25) is 0 Å². The van der Waals surface area contributed by atoms with E-state index in [4.69, 9.17) is 14.2 Å². The molecule has 1 fully saturated rings. The molecule has 2 atom stereocenters. The van der Waals surface area contributed by atoms with Gasteiger partial charge in [0.15, 0.2) is 0 Å². The predicted octanol–water partition coefficient (Wildman–Crippen LogP) is 3.69. The lowest BCUT2D eigenvalue weighted by Gasteiger charge is -2.22. The van der Waals surface area contributed by atoms with E-state index in [0.717, 1.165) is 41.0 Å². The van der Waals surface area contributed by atoms with Gasteiger partial charge in [-0.2, -0.15) is 0 Å². The van der Waals surface area contributed by atoms with Crippen molar-refractivity contribution in [3.05, 3.63) is 22.2 Å². The quantitative estimate of drug-likeness (QED) is 0.807. The van der Waals surface area contributed by atoms with Gasteiger partial charge in [-0.05, 0) is 60.8 Å². The van der Waals surface area contributed by atoms with Crippen molar-refractivity contribution in [2.75, 3.05) is 27.9 Å². The summed E-state index contributed by atoms with van der Waals surface area (Å²) in [7, 11) is 5.33. The maximum atomic E-state index is 5.71. The van der Waals surface area contributed by atoms with Crippen LogP contribution < -0.4 is 14.8 Å².